The lowest BCUT2D eigenvalue weighted by Gasteiger charge is -2.37. The van der Waals surface area contributed by atoms with Crippen molar-refractivity contribution in [3.8, 4) is 22.6 Å². The number of ether oxygens (including phenoxy) is 1. The second kappa shape index (κ2) is 6.61. The molecule has 0 fully saturated rings. The molecule has 0 saturated heterocycles. The summed E-state index contributed by atoms with van der Waals surface area (Å²) in [6.45, 7) is 9.17. The summed E-state index contributed by atoms with van der Waals surface area (Å²) in [4.78, 5) is 0. The molecule has 0 aromatic heterocycles. The van der Waals surface area contributed by atoms with Crippen molar-refractivity contribution in [3.63, 3.8) is 0 Å². The topological polar surface area (TPSA) is 9.23 Å². The number of hydrogen-bond acceptors (Lipinski definition) is 1. The minimum atomic E-state index is -0.0721. The molecule has 0 N–H and O–H groups in total. The van der Waals surface area contributed by atoms with Gasteiger partial charge in [0.25, 0.3) is 0 Å². The molecule has 6 aromatic carbocycles. The van der Waals surface area contributed by atoms with Crippen LogP contribution in [-0.2, 0) is 5.41 Å². The summed E-state index contributed by atoms with van der Waals surface area (Å²) in [5, 5.41) is 7.87. The van der Waals surface area contributed by atoms with E-state index in [1.165, 1.54) is 60.1 Å². The summed E-state index contributed by atoms with van der Waals surface area (Å²) >= 11 is 0. The standard InChI is InChI=1S/C33H26O/c1-19-16-21-14-15-25-29-22(17-20(2)32(25)34-23-10-6-5-7-11-23)18-27-31(30(21)29)28(19)24-12-8-9-13-26(24)33(27,3)4/h5-18H,1-4H3. The highest BCUT2D eigenvalue weighted by Gasteiger charge is 2.35. The van der Waals surface area contributed by atoms with Crippen LogP contribution in [0.15, 0.2) is 84.9 Å². The predicted molar refractivity (Wildman–Crippen MR) is 144 cm³/mol. The first-order chi connectivity index (χ1) is 16.4. The third-order valence-corrected chi connectivity index (χ3v) is 7.84. The van der Waals surface area contributed by atoms with Crippen LogP contribution in [-0.4, -0.2) is 0 Å². The Labute approximate surface area is 200 Å². The molecule has 1 nitrogen and oxygen atoms in total. The summed E-state index contributed by atoms with van der Waals surface area (Å²) in [6.07, 6.45) is 0. The molecule has 0 atom stereocenters. The van der Waals surface area contributed by atoms with Gasteiger partial charge in [-0.05, 0) is 99.1 Å². The molecule has 0 bridgehead atoms. The van der Waals surface area contributed by atoms with Gasteiger partial charge in [-0.1, -0.05) is 68.4 Å². The highest BCUT2D eigenvalue weighted by molar-refractivity contribution is 6.28. The zero-order valence-corrected chi connectivity index (χ0v) is 20.0. The van der Waals surface area contributed by atoms with Crippen molar-refractivity contribution in [2.75, 3.05) is 0 Å². The van der Waals surface area contributed by atoms with Crippen LogP contribution in [0.3, 0.4) is 0 Å². The van der Waals surface area contributed by atoms with Gasteiger partial charge >= 0.3 is 0 Å². The van der Waals surface area contributed by atoms with Gasteiger partial charge in [-0.2, -0.15) is 0 Å². The van der Waals surface area contributed by atoms with E-state index in [1.807, 2.05) is 30.3 Å². The summed E-state index contributed by atoms with van der Waals surface area (Å²) in [6, 6.07) is 30.7. The number of fused-ring (bicyclic) bond motifs is 2. The fourth-order valence-corrected chi connectivity index (χ4v) is 6.29. The summed E-state index contributed by atoms with van der Waals surface area (Å²) in [5.41, 5.74) is 8.01. The SMILES string of the molecule is Cc1cc2cc3c4c(c(C)cc5ccc(c1Oc1ccccc1)c2c54)-c1ccccc1C3(C)C. The summed E-state index contributed by atoms with van der Waals surface area (Å²) < 4.78 is 6.49. The van der Waals surface area contributed by atoms with Crippen LogP contribution >= 0.6 is 0 Å². The monoisotopic (exact) mass is 438 g/mol. The number of rotatable bonds is 2. The minimum absolute atomic E-state index is 0.0721. The average Bonchev–Trinajstić information content (AvgIpc) is 2.83. The van der Waals surface area contributed by atoms with E-state index in [2.05, 4.69) is 82.3 Å². The third kappa shape index (κ3) is 2.45. The summed E-state index contributed by atoms with van der Waals surface area (Å²) in [5.74, 6) is 1.82. The molecule has 0 spiro atoms. The van der Waals surface area contributed by atoms with Crippen molar-refractivity contribution >= 4 is 32.3 Å². The van der Waals surface area contributed by atoms with Gasteiger partial charge in [0.05, 0.1) is 0 Å². The maximum Gasteiger partial charge on any atom is 0.138 e. The molecule has 0 heterocycles. The van der Waals surface area contributed by atoms with Crippen molar-refractivity contribution in [1.29, 1.82) is 0 Å². The van der Waals surface area contributed by atoms with Crippen LogP contribution in [0.5, 0.6) is 11.5 Å². The third-order valence-electron chi connectivity index (χ3n) is 7.84. The van der Waals surface area contributed by atoms with Crippen molar-refractivity contribution in [3.05, 3.63) is 107 Å². The van der Waals surface area contributed by atoms with Gasteiger partial charge in [0, 0.05) is 16.2 Å². The molecule has 1 heteroatoms. The second-order valence-electron chi connectivity index (χ2n) is 10.3. The van der Waals surface area contributed by atoms with Crippen LogP contribution in [0.4, 0.5) is 0 Å². The first-order valence-electron chi connectivity index (χ1n) is 12.0. The van der Waals surface area contributed by atoms with E-state index in [0.29, 0.717) is 0 Å². The van der Waals surface area contributed by atoms with Gasteiger partial charge in [0.15, 0.2) is 0 Å². The Bertz CT molecular complexity index is 1760. The Kier molecular flexibility index (Phi) is 3.81. The Morgan fingerprint density at radius 1 is 0.618 bits per heavy atom. The molecule has 0 unspecified atom stereocenters. The molecule has 0 radical (unpaired) electrons. The lowest BCUT2D eigenvalue weighted by atomic mass is 9.66. The Balaban J connectivity index is 1.67. The lowest BCUT2D eigenvalue weighted by Crippen LogP contribution is -2.24. The molecule has 34 heavy (non-hydrogen) atoms. The molecule has 1 aliphatic carbocycles. The van der Waals surface area contributed by atoms with Crippen molar-refractivity contribution in [1.82, 2.24) is 0 Å². The molecular formula is C33H26O. The minimum Gasteiger partial charge on any atom is -0.456 e. The largest absolute Gasteiger partial charge is 0.456 e. The maximum absolute atomic E-state index is 6.49. The second-order valence-corrected chi connectivity index (χ2v) is 10.3. The van der Waals surface area contributed by atoms with Crippen LogP contribution in [0.25, 0.3) is 43.4 Å². The zero-order valence-electron chi connectivity index (χ0n) is 20.0. The fraction of sp³-hybridized carbons (Fsp3) is 0.152. The Hall–Kier alpha value is -3.84. The van der Waals surface area contributed by atoms with Gasteiger partial charge in [-0.3, -0.25) is 0 Å². The van der Waals surface area contributed by atoms with Crippen LogP contribution < -0.4 is 4.74 Å². The molecular weight excluding hydrogens is 412 g/mol. The van der Waals surface area contributed by atoms with E-state index < -0.39 is 0 Å². The molecule has 0 aliphatic heterocycles. The first-order valence-corrected chi connectivity index (χ1v) is 12.0. The van der Waals surface area contributed by atoms with E-state index in [9.17, 15) is 0 Å². The molecule has 1 aliphatic rings. The van der Waals surface area contributed by atoms with E-state index in [0.717, 1.165) is 17.1 Å². The highest BCUT2D eigenvalue weighted by atomic mass is 16.5. The Morgan fingerprint density at radius 3 is 2.18 bits per heavy atom. The van der Waals surface area contributed by atoms with Crippen LogP contribution in [0.1, 0.15) is 36.1 Å². The smallest absolute Gasteiger partial charge is 0.138 e. The quantitative estimate of drug-likeness (QED) is 0.245. The van der Waals surface area contributed by atoms with Gasteiger partial charge in [0.1, 0.15) is 11.5 Å². The summed E-state index contributed by atoms with van der Waals surface area (Å²) in [7, 11) is 0. The molecule has 164 valence electrons. The molecule has 0 saturated carbocycles. The fourth-order valence-electron chi connectivity index (χ4n) is 6.29. The number of para-hydroxylation sites is 1. The lowest BCUT2D eigenvalue weighted by molar-refractivity contribution is 0.485. The first kappa shape index (κ1) is 19.6. The average molecular weight is 439 g/mol. The van der Waals surface area contributed by atoms with Gasteiger partial charge in [0.2, 0.25) is 0 Å². The van der Waals surface area contributed by atoms with Gasteiger partial charge in [-0.25, -0.2) is 0 Å². The maximum atomic E-state index is 6.49. The number of hydrogen-bond donors (Lipinski definition) is 0. The predicted octanol–water partition coefficient (Wildman–Crippen LogP) is 9.30. The molecule has 6 aromatic rings. The van der Waals surface area contributed by atoms with Crippen molar-refractivity contribution in [2.24, 2.45) is 0 Å². The van der Waals surface area contributed by atoms with E-state index in [4.69, 9.17) is 4.74 Å². The van der Waals surface area contributed by atoms with Gasteiger partial charge in [-0.15, -0.1) is 0 Å². The van der Waals surface area contributed by atoms with Crippen molar-refractivity contribution < 1.29 is 4.74 Å². The highest BCUT2D eigenvalue weighted by Crippen LogP contribution is 2.54. The number of aryl methyl sites for hydroxylation is 2. The Morgan fingerprint density at radius 2 is 1.35 bits per heavy atom. The number of benzene rings is 6. The van der Waals surface area contributed by atoms with Crippen molar-refractivity contribution in [2.45, 2.75) is 33.1 Å². The normalized spacial score (nSPS) is 14.1. The van der Waals surface area contributed by atoms with Gasteiger partial charge < -0.3 is 4.74 Å². The molecule has 7 rings (SSSR count). The van der Waals surface area contributed by atoms with E-state index in [-0.39, 0.29) is 5.41 Å². The zero-order chi connectivity index (χ0) is 23.2. The van der Waals surface area contributed by atoms with E-state index in [1.54, 1.807) is 0 Å². The molecule has 0 amide bonds. The van der Waals surface area contributed by atoms with E-state index >= 15 is 0 Å². The van der Waals surface area contributed by atoms with Crippen LogP contribution in [0.2, 0.25) is 0 Å². The van der Waals surface area contributed by atoms with Crippen LogP contribution in [0, 0.1) is 13.8 Å².